The summed E-state index contributed by atoms with van der Waals surface area (Å²) in [6, 6.07) is -0.257. The number of hydrogen-bond acceptors (Lipinski definition) is 5. The Morgan fingerprint density at radius 2 is 1.71 bits per heavy atom. The van der Waals surface area contributed by atoms with Gasteiger partial charge in [0.25, 0.3) is 0 Å². The molecule has 21 heavy (non-hydrogen) atoms. The first-order chi connectivity index (χ1) is 9.75. The maximum atomic E-state index is 11.1. The molecule has 0 saturated carbocycles. The number of aliphatic carboxylic acids is 2. The lowest BCUT2D eigenvalue weighted by Crippen LogP contribution is -2.42. The number of hydrogen-bond donors (Lipinski definition) is 2. The molecule has 0 saturated heterocycles. The van der Waals surface area contributed by atoms with Gasteiger partial charge in [-0.1, -0.05) is 0 Å². The van der Waals surface area contributed by atoms with Crippen LogP contribution in [0.2, 0.25) is 12.6 Å². The third kappa shape index (κ3) is 8.15. The van der Waals surface area contributed by atoms with Crippen LogP contribution in [0.25, 0.3) is 0 Å². The van der Waals surface area contributed by atoms with Gasteiger partial charge in [-0.2, -0.15) is 0 Å². The van der Waals surface area contributed by atoms with Crippen LogP contribution in [-0.2, 0) is 18.4 Å². The first-order valence-electron chi connectivity index (χ1n) is 7.18. The van der Waals surface area contributed by atoms with Crippen molar-refractivity contribution in [2.75, 3.05) is 26.8 Å². The molecule has 1 unspecified atom stereocenters. The second-order valence-electron chi connectivity index (χ2n) is 5.04. The van der Waals surface area contributed by atoms with Crippen molar-refractivity contribution < 1.29 is 28.7 Å². The molecule has 0 aromatic heterocycles. The van der Waals surface area contributed by atoms with E-state index in [-0.39, 0.29) is 0 Å². The molecular weight excluding hydrogens is 294 g/mol. The second kappa shape index (κ2) is 9.88. The average molecular weight is 321 g/mol. The summed E-state index contributed by atoms with van der Waals surface area (Å²) in [5, 5.41) is 17.8. The topological polar surface area (TPSA) is 96.3 Å². The monoisotopic (exact) mass is 321 g/mol. The van der Waals surface area contributed by atoms with E-state index in [1.54, 1.807) is 11.9 Å². The quantitative estimate of drug-likeness (QED) is 0.524. The van der Waals surface area contributed by atoms with Crippen molar-refractivity contribution in [1.82, 2.24) is 4.90 Å². The minimum atomic E-state index is -2.20. The molecule has 0 fully saturated rings. The molecule has 0 aliphatic carbocycles. The standard InChI is InChI=1S/C13H27NO6Si/c1-5-19-21(4,20-6-2)9-7-8-14(3)11(13(17)18)10-12(15)16/h11H,5-10H2,1-4H3,(H,15,16)(H,17,18). The van der Waals surface area contributed by atoms with Crippen LogP contribution in [-0.4, -0.2) is 68.5 Å². The number of likely N-dealkylation sites (N-methyl/N-ethyl adjacent to an activating group) is 1. The van der Waals surface area contributed by atoms with Crippen molar-refractivity contribution in [3.8, 4) is 0 Å². The molecule has 0 aromatic rings. The van der Waals surface area contributed by atoms with Gasteiger partial charge in [-0.3, -0.25) is 14.5 Å². The Morgan fingerprint density at radius 3 is 2.10 bits per heavy atom. The zero-order valence-corrected chi connectivity index (χ0v) is 14.3. The molecule has 0 amide bonds. The van der Waals surface area contributed by atoms with E-state index in [1.165, 1.54) is 0 Å². The molecule has 1 atom stereocenters. The minimum absolute atomic E-state index is 0.405. The first kappa shape index (κ1) is 20.0. The molecule has 0 spiro atoms. The molecule has 0 aliphatic rings. The van der Waals surface area contributed by atoms with E-state index in [1.807, 2.05) is 20.4 Å². The first-order valence-corrected chi connectivity index (χ1v) is 9.70. The van der Waals surface area contributed by atoms with E-state index < -0.39 is 33.0 Å². The van der Waals surface area contributed by atoms with Crippen molar-refractivity contribution in [3.63, 3.8) is 0 Å². The number of carbonyl (C=O) groups is 2. The van der Waals surface area contributed by atoms with Crippen LogP contribution in [0, 0.1) is 0 Å². The Labute approximate surface area is 127 Å². The van der Waals surface area contributed by atoms with Gasteiger partial charge in [0, 0.05) is 13.2 Å². The van der Waals surface area contributed by atoms with Gasteiger partial charge in [-0.05, 0) is 46.5 Å². The van der Waals surface area contributed by atoms with E-state index >= 15 is 0 Å². The number of rotatable bonds is 12. The van der Waals surface area contributed by atoms with Crippen LogP contribution >= 0.6 is 0 Å². The largest absolute Gasteiger partial charge is 0.481 e. The maximum absolute atomic E-state index is 11.1. The summed E-state index contributed by atoms with van der Waals surface area (Å²) >= 11 is 0. The van der Waals surface area contributed by atoms with Crippen molar-refractivity contribution >= 4 is 20.5 Å². The summed E-state index contributed by atoms with van der Waals surface area (Å²) in [6.45, 7) is 7.51. The summed E-state index contributed by atoms with van der Waals surface area (Å²) in [5.41, 5.74) is 0. The Hall–Kier alpha value is -0.963. The van der Waals surface area contributed by atoms with Gasteiger partial charge in [0.05, 0.1) is 6.42 Å². The third-order valence-corrected chi connectivity index (χ3v) is 6.29. The Bertz CT molecular complexity index is 333. The third-order valence-electron chi connectivity index (χ3n) is 3.23. The lowest BCUT2D eigenvalue weighted by atomic mass is 10.2. The SMILES string of the molecule is CCO[Si](C)(CCCN(C)C(CC(=O)O)C(=O)O)OCC. The summed E-state index contributed by atoms with van der Waals surface area (Å²) in [4.78, 5) is 23.4. The normalized spacial score (nSPS) is 13.4. The molecule has 0 aromatic carbocycles. The minimum Gasteiger partial charge on any atom is -0.481 e. The molecule has 2 N–H and O–H groups in total. The average Bonchev–Trinajstić information content (AvgIpc) is 2.35. The molecule has 0 radical (unpaired) electrons. The molecule has 0 bridgehead atoms. The lowest BCUT2D eigenvalue weighted by molar-refractivity contribution is -0.149. The van der Waals surface area contributed by atoms with Gasteiger partial charge in [0.15, 0.2) is 0 Å². The molecule has 124 valence electrons. The lowest BCUT2D eigenvalue weighted by Gasteiger charge is -2.28. The predicted molar refractivity (Wildman–Crippen MR) is 80.6 cm³/mol. The van der Waals surface area contributed by atoms with Crippen LogP contribution < -0.4 is 0 Å². The predicted octanol–water partition coefficient (Wildman–Crippen LogP) is 1.38. The second-order valence-corrected chi connectivity index (χ2v) is 8.38. The zero-order chi connectivity index (χ0) is 16.5. The summed E-state index contributed by atoms with van der Waals surface area (Å²) in [7, 11) is -0.574. The molecule has 0 rings (SSSR count). The Morgan fingerprint density at radius 1 is 1.19 bits per heavy atom. The van der Waals surface area contributed by atoms with Gasteiger partial charge in [0.2, 0.25) is 0 Å². The number of carboxylic acid groups (broad SMARTS) is 2. The van der Waals surface area contributed by atoms with Gasteiger partial charge in [-0.15, -0.1) is 0 Å². The van der Waals surface area contributed by atoms with Crippen LogP contribution in [0.15, 0.2) is 0 Å². The fraction of sp³-hybridized carbons (Fsp3) is 0.846. The molecule has 0 heterocycles. The van der Waals surface area contributed by atoms with Crippen LogP contribution in [0.3, 0.4) is 0 Å². The fourth-order valence-electron chi connectivity index (χ4n) is 2.20. The van der Waals surface area contributed by atoms with Crippen LogP contribution in [0.5, 0.6) is 0 Å². The van der Waals surface area contributed by atoms with E-state index in [0.29, 0.717) is 26.2 Å². The van der Waals surface area contributed by atoms with E-state index in [4.69, 9.17) is 19.1 Å². The highest BCUT2D eigenvalue weighted by Gasteiger charge is 2.31. The molecule has 0 aliphatic heterocycles. The van der Waals surface area contributed by atoms with Crippen molar-refractivity contribution in [3.05, 3.63) is 0 Å². The number of carboxylic acids is 2. The molecule has 8 heteroatoms. The summed E-state index contributed by atoms with van der Waals surface area (Å²) in [6.07, 6.45) is 0.306. The zero-order valence-electron chi connectivity index (χ0n) is 13.3. The number of nitrogens with zero attached hydrogens (tertiary/aromatic N) is 1. The fourth-order valence-corrected chi connectivity index (χ4v) is 4.59. The van der Waals surface area contributed by atoms with Crippen LogP contribution in [0.4, 0.5) is 0 Å². The Balaban J connectivity index is 4.40. The maximum Gasteiger partial charge on any atom is 0.334 e. The van der Waals surface area contributed by atoms with E-state index in [0.717, 1.165) is 6.04 Å². The van der Waals surface area contributed by atoms with Crippen molar-refractivity contribution in [2.45, 2.75) is 45.3 Å². The Kier molecular flexibility index (Phi) is 9.43. The van der Waals surface area contributed by atoms with Gasteiger partial charge >= 0.3 is 20.5 Å². The summed E-state index contributed by atoms with van der Waals surface area (Å²) < 4.78 is 11.4. The van der Waals surface area contributed by atoms with Crippen molar-refractivity contribution in [2.24, 2.45) is 0 Å². The highest BCUT2D eigenvalue weighted by molar-refractivity contribution is 6.66. The van der Waals surface area contributed by atoms with Gasteiger partial charge < -0.3 is 19.1 Å². The van der Waals surface area contributed by atoms with Gasteiger partial charge in [0.1, 0.15) is 6.04 Å². The molecular formula is C13H27NO6Si. The highest BCUT2D eigenvalue weighted by atomic mass is 28.4. The van der Waals surface area contributed by atoms with E-state index in [9.17, 15) is 9.59 Å². The molecule has 7 nitrogen and oxygen atoms in total. The van der Waals surface area contributed by atoms with Gasteiger partial charge in [-0.25, -0.2) is 0 Å². The van der Waals surface area contributed by atoms with Crippen molar-refractivity contribution in [1.29, 1.82) is 0 Å². The van der Waals surface area contributed by atoms with E-state index in [2.05, 4.69) is 0 Å². The smallest absolute Gasteiger partial charge is 0.334 e. The van der Waals surface area contributed by atoms with Crippen LogP contribution in [0.1, 0.15) is 26.7 Å². The highest BCUT2D eigenvalue weighted by Crippen LogP contribution is 2.17. The summed E-state index contributed by atoms with van der Waals surface area (Å²) in [5.74, 6) is -2.23.